The lowest BCUT2D eigenvalue weighted by atomic mass is 10.1. The van der Waals surface area contributed by atoms with Crippen LogP contribution in [0.1, 0.15) is 37.7 Å². The Hall–Kier alpha value is -1.63. The van der Waals surface area contributed by atoms with Crippen molar-refractivity contribution in [3.05, 3.63) is 35.6 Å². The van der Waals surface area contributed by atoms with Crippen molar-refractivity contribution in [2.45, 2.75) is 44.7 Å². The molecule has 7 heteroatoms. The van der Waals surface area contributed by atoms with Crippen molar-refractivity contribution < 1.29 is 27.5 Å². The quantitative estimate of drug-likeness (QED) is 0.638. The van der Waals surface area contributed by atoms with Crippen molar-refractivity contribution in [1.29, 1.82) is 0 Å². The molecule has 3 nitrogen and oxygen atoms in total. The normalized spacial score (nSPS) is 15.5. The van der Waals surface area contributed by atoms with Gasteiger partial charge in [-0.1, -0.05) is 18.6 Å². The molecule has 136 valence electrons. The summed E-state index contributed by atoms with van der Waals surface area (Å²) in [6.07, 6.45) is 2.62. The molecule has 2 rings (SSSR count). The molecule has 0 amide bonds. The number of aryl methyl sites for hydroxylation is 1. The number of hydrogen-bond donors (Lipinski definition) is 1. The van der Waals surface area contributed by atoms with Crippen molar-refractivity contribution >= 4 is 5.97 Å². The van der Waals surface area contributed by atoms with E-state index in [1.807, 2.05) is 12.1 Å². The Kier molecular flexibility index (Phi) is 8.74. The Morgan fingerprint density at radius 2 is 1.58 bits per heavy atom. The molecular weight excluding hydrogens is 326 g/mol. The smallest absolute Gasteiger partial charge is 0.475 e. The van der Waals surface area contributed by atoms with Gasteiger partial charge in [0, 0.05) is 0 Å². The fourth-order valence-corrected chi connectivity index (χ4v) is 2.50. The zero-order valence-electron chi connectivity index (χ0n) is 13.5. The second-order valence-corrected chi connectivity index (χ2v) is 5.79. The monoisotopic (exact) mass is 349 g/mol. The molecule has 1 aromatic rings. The van der Waals surface area contributed by atoms with Crippen molar-refractivity contribution in [3.63, 3.8) is 0 Å². The number of carboxylic acids is 1. The van der Waals surface area contributed by atoms with Crippen LogP contribution in [0.15, 0.2) is 24.3 Å². The first-order chi connectivity index (χ1) is 11.3. The summed E-state index contributed by atoms with van der Waals surface area (Å²) in [5.74, 6) is -2.89. The first kappa shape index (κ1) is 20.4. The summed E-state index contributed by atoms with van der Waals surface area (Å²) in [6, 6.07) is 6.91. The number of nitrogens with zero attached hydrogens (tertiary/aromatic N) is 1. The maximum atomic E-state index is 12.7. The van der Waals surface area contributed by atoms with Crippen LogP contribution in [0.4, 0.5) is 17.6 Å². The highest BCUT2D eigenvalue weighted by Crippen LogP contribution is 2.13. The lowest BCUT2D eigenvalue weighted by molar-refractivity contribution is -0.192. The van der Waals surface area contributed by atoms with E-state index in [-0.39, 0.29) is 5.82 Å². The van der Waals surface area contributed by atoms with E-state index in [4.69, 9.17) is 9.90 Å². The molecule has 1 heterocycles. The van der Waals surface area contributed by atoms with Crippen LogP contribution in [0, 0.1) is 5.82 Å². The molecular formula is C17H23F4NO2. The van der Waals surface area contributed by atoms with Crippen LogP contribution in [0.3, 0.4) is 0 Å². The van der Waals surface area contributed by atoms with Crippen molar-refractivity contribution in [2.75, 3.05) is 19.6 Å². The van der Waals surface area contributed by atoms with Crippen molar-refractivity contribution in [2.24, 2.45) is 0 Å². The second-order valence-electron chi connectivity index (χ2n) is 5.79. The molecule has 0 bridgehead atoms. The Balaban J connectivity index is 0.000000351. The fraction of sp³-hybridized carbons (Fsp3) is 0.588. The minimum atomic E-state index is -5.08. The van der Waals surface area contributed by atoms with E-state index in [9.17, 15) is 17.6 Å². The van der Waals surface area contributed by atoms with Crippen LogP contribution in [0.5, 0.6) is 0 Å². The largest absolute Gasteiger partial charge is 0.490 e. The van der Waals surface area contributed by atoms with Crippen LogP contribution < -0.4 is 0 Å². The molecule has 1 aliphatic heterocycles. The van der Waals surface area contributed by atoms with Gasteiger partial charge in [0.15, 0.2) is 0 Å². The summed E-state index contributed by atoms with van der Waals surface area (Å²) in [5.41, 5.74) is 1.25. The molecule has 1 aromatic carbocycles. The fourth-order valence-electron chi connectivity index (χ4n) is 2.50. The van der Waals surface area contributed by atoms with Crippen LogP contribution in [0.25, 0.3) is 0 Å². The molecule has 0 atom stereocenters. The average molecular weight is 349 g/mol. The van der Waals surface area contributed by atoms with E-state index in [1.54, 1.807) is 12.1 Å². The highest BCUT2D eigenvalue weighted by atomic mass is 19.4. The lowest BCUT2D eigenvalue weighted by Crippen LogP contribution is -2.30. The standard InChI is InChI=1S/C15H22FN.C2HF3O2/c16-15-9-7-14(8-10-15)6-2-5-13-17-11-3-1-4-12-17;3-2(4,5)1(6)7/h7-10H,1-6,11-13H2;(H,6,7). The SMILES string of the molecule is Fc1ccc(CCCCN2CCCCC2)cc1.O=C(O)C(F)(F)F. The predicted molar refractivity (Wildman–Crippen MR) is 83.3 cm³/mol. The van der Waals surface area contributed by atoms with E-state index in [1.165, 1.54) is 57.3 Å². The van der Waals surface area contributed by atoms with Gasteiger partial charge < -0.3 is 10.0 Å². The van der Waals surface area contributed by atoms with Crippen molar-refractivity contribution in [3.8, 4) is 0 Å². The topological polar surface area (TPSA) is 40.5 Å². The molecule has 0 spiro atoms. The molecule has 1 fully saturated rings. The van der Waals surface area contributed by atoms with Crippen LogP contribution in [0.2, 0.25) is 0 Å². The van der Waals surface area contributed by atoms with Gasteiger partial charge in [-0.15, -0.1) is 0 Å². The third-order valence-corrected chi connectivity index (χ3v) is 3.79. The molecule has 1 aliphatic rings. The van der Waals surface area contributed by atoms with Crippen molar-refractivity contribution in [1.82, 2.24) is 4.90 Å². The second kappa shape index (κ2) is 10.3. The van der Waals surface area contributed by atoms with Gasteiger partial charge >= 0.3 is 12.1 Å². The number of aliphatic carboxylic acids is 1. The number of hydrogen-bond acceptors (Lipinski definition) is 2. The number of carboxylic acid groups (broad SMARTS) is 1. The van der Waals surface area contributed by atoms with Gasteiger partial charge in [-0.3, -0.25) is 0 Å². The first-order valence-electron chi connectivity index (χ1n) is 8.06. The summed E-state index contributed by atoms with van der Waals surface area (Å²) in [4.78, 5) is 11.5. The molecule has 24 heavy (non-hydrogen) atoms. The predicted octanol–water partition coefficient (Wildman–Crippen LogP) is 4.27. The molecule has 0 saturated carbocycles. The molecule has 0 unspecified atom stereocenters. The molecule has 0 aliphatic carbocycles. The van der Waals surface area contributed by atoms with Gasteiger partial charge in [-0.25, -0.2) is 9.18 Å². The summed E-state index contributed by atoms with van der Waals surface area (Å²) in [6.45, 7) is 3.81. The summed E-state index contributed by atoms with van der Waals surface area (Å²) < 4.78 is 44.4. The minimum Gasteiger partial charge on any atom is -0.475 e. The van der Waals surface area contributed by atoms with E-state index >= 15 is 0 Å². The van der Waals surface area contributed by atoms with E-state index < -0.39 is 12.1 Å². The number of halogens is 4. The van der Waals surface area contributed by atoms with Gasteiger partial charge in [0.25, 0.3) is 0 Å². The van der Waals surface area contributed by atoms with Gasteiger partial charge in [-0.2, -0.15) is 13.2 Å². The van der Waals surface area contributed by atoms with Gasteiger partial charge in [0.05, 0.1) is 0 Å². The van der Waals surface area contributed by atoms with E-state index in [2.05, 4.69) is 4.90 Å². The van der Waals surface area contributed by atoms with Gasteiger partial charge in [0.2, 0.25) is 0 Å². The molecule has 1 N–H and O–H groups in total. The highest BCUT2D eigenvalue weighted by molar-refractivity contribution is 5.73. The first-order valence-corrected chi connectivity index (χ1v) is 8.06. The number of piperidine rings is 1. The Morgan fingerprint density at radius 3 is 2.08 bits per heavy atom. The average Bonchev–Trinajstić information content (AvgIpc) is 2.54. The van der Waals surface area contributed by atoms with Gasteiger partial charge in [0.1, 0.15) is 5.82 Å². The van der Waals surface area contributed by atoms with E-state index in [0.29, 0.717) is 0 Å². The maximum Gasteiger partial charge on any atom is 0.490 e. The Morgan fingerprint density at radius 1 is 1.04 bits per heavy atom. The zero-order chi connectivity index (χ0) is 18.0. The van der Waals surface area contributed by atoms with Gasteiger partial charge in [-0.05, 0) is 69.4 Å². The third kappa shape index (κ3) is 8.86. The number of benzene rings is 1. The summed E-state index contributed by atoms with van der Waals surface area (Å²) >= 11 is 0. The van der Waals surface area contributed by atoms with Crippen LogP contribution >= 0.6 is 0 Å². The lowest BCUT2D eigenvalue weighted by Gasteiger charge is -2.26. The molecule has 1 saturated heterocycles. The Bertz CT molecular complexity index is 482. The third-order valence-electron chi connectivity index (χ3n) is 3.79. The number of carbonyl (C=O) groups is 1. The number of likely N-dealkylation sites (tertiary alicyclic amines) is 1. The summed E-state index contributed by atoms with van der Waals surface area (Å²) in [5, 5.41) is 7.12. The van der Waals surface area contributed by atoms with Crippen LogP contribution in [-0.2, 0) is 11.2 Å². The summed E-state index contributed by atoms with van der Waals surface area (Å²) in [7, 11) is 0. The highest BCUT2D eigenvalue weighted by Gasteiger charge is 2.38. The Labute approximate surface area is 139 Å². The van der Waals surface area contributed by atoms with Crippen LogP contribution in [-0.4, -0.2) is 41.8 Å². The minimum absolute atomic E-state index is 0.137. The molecule has 0 radical (unpaired) electrons. The maximum absolute atomic E-state index is 12.7. The zero-order valence-corrected chi connectivity index (χ0v) is 13.5. The number of alkyl halides is 3. The number of unbranched alkanes of at least 4 members (excludes halogenated alkanes) is 1. The molecule has 0 aromatic heterocycles. The number of rotatable bonds is 5. The van der Waals surface area contributed by atoms with E-state index in [0.717, 1.165) is 6.42 Å².